The molecule has 1 N–H and O–H groups in total. The molecule has 3 atom stereocenters. The lowest BCUT2D eigenvalue weighted by Crippen LogP contribution is -2.33. The minimum Gasteiger partial charge on any atom is -0.306 e. The number of aryl methyl sites for hydroxylation is 2. The van der Waals surface area contributed by atoms with Crippen LogP contribution in [0.4, 0.5) is 0 Å². The number of hydrogen-bond acceptors (Lipinski definition) is 2. The van der Waals surface area contributed by atoms with Crippen LogP contribution < -0.4 is 5.32 Å². The zero-order chi connectivity index (χ0) is 13.1. The maximum Gasteiger partial charge on any atom is 0.0672 e. The normalized spacial score (nSPS) is 24.8. The Kier molecular flexibility index (Phi) is 4.04. The molecule has 96 valence electrons. The third-order valence-corrected chi connectivity index (χ3v) is 4.18. The van der Waals surface area contributed by atoms with Gasteiger partial charge in [-0.25, -0.2) is 0 Å². The Morgan fingerprint density at radius 1 is 1.28 bits per heavy atom. The summed E-state index contributed by atoms with van der Waals surface area (Å²) >= 11 is 0. The average molecular weight is 242 g/mol. The Morgan fingerprint density at radius 3 is 2.72 bits per heavy atom. The van der Waals surface area contributed by atoms with Gasteiger partial charge in [-0.3, -0.25) is 0 Å². The van der Waals surface area contributed by atoms with Crippen molar-refractivity contribution in [1.29, 1.82) is 5.26 Å². The second-order valence-electron chi connectivity index (χ2n) is 5.51. The van der Waals surface area contributed by atoms with E-state index in [2.05, 4.69) is 50.4 Å². The molecule has 18 heavy (non-hydrogen) atoms. The van der Waals surface area contributed by atoms with Gasteiger partial charge in [0.2, 0.25) is 0 Å². The number of hydrogen-bond donors (Lipinski definition) is 1. The summed E-state index contributed by atoms with van der Waals surface area (Å²) in [4.78, 5) is 0. The summed E-state index contributed by atoms with van der Waals surface area (Å²) in [6, 6.07) is 9.74. The molecule has 0 aromatic heterocycles. The highest BCUT2D eigenvalue weighted by atomic mass is 15.0. The van der Waals surface area contributed by atoms with Crippen molar-refractivity contribution in [2.24, 2.45) is 5.92 Å². The van der Waals surface area contributed by atoms with Crippen molar-refractivity contribution >= 4 is 0 Å². The monoisotopic (exact) mass is 242 g/mol. The van der Waals surface area contributed by atoms with E-state index in [0.717, 1.165) is 12.8 Å². The summed E-state index contributed by atoms with van der Waals surface area (Å²) in [5, 5.41) is 12.7. The molecule has 1 aliphatic rings. The van der Waals surface area contributed by atoms with E-state index in [9.17, 15) is 0 Å². The van der Waals surface area contributed by atoms with Gasteiger partial charge in [0.15, 0.2) is 0 Å². The second-order valence-corrected chi connectivity index (χ2v) is 5.51. The molecule has 0 radical (unpaired) electrons. The second kappa shape index (κ2) is 5.54. The summed E-state index contributed by atoms with van der Waals surface area (Å²) in [6.45, 7) is 6.48. The summed E-state index contributed by atoms with van der Waals surface area (Å²) in [6.07, 6.45) is 3.36. The fourth-order valence-electron chi connectivity index (χ4n) is 2.77. The van der Waals surface area contributed by atoms with Gasteiger partial charge in [0, 0.05) is 12.1 Å². The van der Waals surface area contributed by atoms with Gasteiger partial charge in [-0.15, -0.1) is 0 Å². The molecule has 0 heterocycles. The molecule has 1 saturated carbocycles. The minimum absolute atomic E-state index is 0.194. The van der Waals surface area contributed by atoms with Crippen molar-refractivity contribution in [3.8, 4) is 6.07 Å². The first-order valence-electron chi connectivity index (χ1n) is 6.84. The van der Waals surface area contributed by atoms with E-state index >= 15 is 0 Å². The molecule has 0 amide bonds. The van der Waals surface area contributed by atoms with Crippen LogP contribution in [-0.2, 0) is 0 Å². The zero-order valence-corrected chi connectivity index (χ0v) is 11.5. The molecule has 1 aromatic rings. The maximum absolute atomic E-state index is 9.11. The van der Waals surface area contributed by atoms with Gasteiger partial charge in [-0.1, -0.05) is 24.6 Å². The molecule has 0 aliphatic heterocycles. The molecular weight excluding hydrogens is 220 g/mol. The van der Waals surface area contributed by atoms with E-state index in [1.165, 1.54) is 23.1 Å². The Bertz CT molecular complexity index is 459. The SMILES string of the molecule is Cc1ccc(C(C)NC2CCCC2C#N)cc1C. The van der Waals surface area contributed by atoms with Crippen molar-refractivity contribution in [1.82, 2.24) is 5.32 Å². The lowest BCUT2D eigenvalue weighted by Gasteiger charge is -2.22. The first kappa shape index (κ1) is 13.1. The van der Waals surface area contributed by atoms with E-state index in [-0.39, 0.29) is 5.92 Å². The van der Waals surface area contributed by atoms with Crippen molar-refractivity contribution in [2.75, 3.05) is 0 Å². The molecule has 0 bridgehead atoms. The van der Waals surface area contributed by atoms with Crippen LogP contribution in [0.3, 0.4) is 0 Å². The minimum atomic E-state index is 0.194. The average Bonchev–Trinajstić information content (AvgIpc) is 2.79. The molecule has 1 aliphatic carbocycles. The Morgan fingerprint density at radius 2 is 2.06 bits per heavy atom. The van der Waals surface area contributed by atoms with E-state index in [0.29, 0.717) is 12.1 Å². The Balaban J connectivity index is 2.05. The van der Waals surface area contributed by atoms with Crippen LogP contribution >= 0.6 is 0 Å². The van der Waals surface area contributed by atoms with E-state index in [1.807, 2.05) is 0 Å². The van der Waals surface area contributed by atoms with Gasteiger partial charge in [0.1, 0.15) is 0 Å². The number of nitrogens with one attached hydrogen (secondary N) is 1. The van der Waals surface area contributed by atoms with Crippen LogP contribution in [0.5, 0.6) is 0 Å². The number of rotatable bonds is 3. The number of nitriles is 1. The smallest absolute Gasteiger partial charge is 0.0672 e. The third-order valence-electron chi connectivity index (χ3n) is 4.18. The van der Waals surface area contributed by atoms with Crippen molar-refractivity contribution < 1.29 is 0 Å². The fraction of sp³-hybridized carbons (Fsp3) is 0.562. The first-order chi connectivity index (χ1) is 8.61. The fourth-order valence-corrected chi connectivity index (χ4v) is 2.77. The van der Waals surface area contributed by atoms with Crippen LogP contribution in [0.2, 0.25) is 0 Å². The molecule has 0 saturated heterocycles. The van der Waals surface area contributed by atoms with Crippen LogP contribution in [0.1, 0.15) is 48.9 Å². The lowest BCUT2D eigenvalue weighted by atomic mass is 9.99. The van der Waals surface area contributed by atoms with Gasteiger partial charge in [0.25, 0.3) is 0 Å². The Hall–Kier alpha value is -1.33. The largest absolute Gasteiger partial charge is 0.306 e. The summed E-state index contributed by atoms with van der Waals surface area (Å²) < 4.78 is 0. The maximum atomic E-state index is 9.11. The van der Waals surface area contributed by atoms with Crippen molar-refractivity contribution in [3.63, 3.8) is 0 Å². The summed E-state index contributed by atoms with van der Waals surface area (Å²) in [7, 11) is 0. The molecule has 2 nitrogen and oxygen atoms in total. The molecule has 1 aromatic carbocycles. The summed E-state index contributed by atoms with van der Waals surface area (Å²) in [5.41, 5.74) is 3.99. The topological polar surface area (TPSA) is 35.8 Å². The Labute approximate surface area is 110 Å². The lowest BCUT2D eigenvalue weighted by molar-refractivity contribution is 0.417. The predicted octanol–water partition coefficient (Wildman–Crippen LogP) is 3.65. The predicted molar refractivity (Wildman–Crippen MR) is 74.2 cm³/mol. The van der Waals surface area contributed by atoms with E-state index < -0.39 is 0 Å². The third kappa shape index (κ3) is 2.73. The van der Waals surface area contributed by atoms with Crippen LogP contribution in [0.25, 0.3) is 0 Å². The van der Waals surface area contributed by atoms with Crippen molar-refractivity contribution in [3.05, 3.63) is 34.9 Å². The van der Waals surface area contributed by atoms with E-state index in [4.69, 9.17) is 5.26 Å². The van der Waals surface area contributed by atoms with Gasteiger partial charge in [-0.05, 0) is 50.3 Å². The van der Waals surface area contributed by atoms with E-state index in [1.54, 1.807) is 0 Å². The molecular formula is C16H22N2. The highest BCUT2D eigenvalue weighted by molar-refractivity contribution is 5.31. The number of benzene rings is 1. The molecule has 0 spiro atoms. The zero-order valence-electron chi connectivity index (χ0n) is 11.5. The number of nitrogens with zero attached hydrogens (tertiary/aromatic N) is 1. The highest BCUT2D eigenvalue weighted by Crippen LogP contribution is 2.27. The first-order valence-corrected chi connectivity index (χ1v) is 6.84. The van der Waals surface area contributed by atoms with Gasteiger partial charge < -0.3 is 5.32 Å². The van der Waals surface area contributed by atoms with Crippen LogP contribution in [0.15, 0.2) is 18.2 Å². The highest BCUT2D eigenvalue weighted by Gasteiger charge is 2.28. The molecule has 1 fully saturated rings. The van der Waals surface area contributed by atoms with Crippen LogP contribution in [-0.4, -0.2) is 6.04 Å². The van der Waals surface area contributed by atoms with Gasteiger partial charge >= 0.3 is 0 Å². The van der Waals surface area contributed by atoms with Crippen molar-refractivity contribution in [2.45, 2.75) is 52.1 Å². The quantitative estimate of drug-likeness (QED) is 0.878. The standard InChI is InChI=1S/C16H22N2/c1-11-7-8-14(9-12(11)2)13(3)18-16-6-4-5-15(16)10-17/h7-9,13,15-16,18H,4-6H2,1-3H3. The summed E-state index contributed by atoms with van der Waals surface area (Å²) in [5.74, 6) is 0.194. The van der Waals surface area contributed by atoms with Gasteiger partial charge in [-0.2, -0.15) is 5.26 Å². The molecule has 2 heteroatoms. The van der Waals surface area contributed by atoms with Gasteiger partial charge in [0.05, 0.1) is 12.0 Å². The van der Waals surface area contributed by atoms with Crippen LogP contribution in [0, 0.1) is 31.1 Å². The molecule has 2 rings (SSSR count). The molecule has 3 unspecified atom stereocenters.